The molecule has 3 aromatic heterocycles. The Morgan fingerprint density at radius 3 is 1.28 bits per heavy atom. The largest absolute Gasteiger partial charge is 0.513 e. The highest BCUT2D eigenvalue weighted by atomic mass is 16.5. The Morgan fingerprint density at radius 2 is 0.877 bits per heavy atom. The van der Waals surface area contributed by atoms with E-state index in [4.69, 9.17) is 19.7 Å². The maximum absolute atomic E-state index is 14.1. The Morgan fingerprint density at radius 1 is 0.474 bits per heavy atom. The van der Waals surface area contributed by atoms with E-state index in [1.54, 1.807) is 6.92 Å². The summed E-state index contributed by atoms with van der Waals surface area (Å²) in [4.78, 5) is 83.4. The maximum atomic E-state index is 14.1. The van der Waals surface area contributed by atoms with Crippen LogP contribution in [0.4, 0.5) is 17.5 Å². The van der Waals surface area contributed by atoms with Gasteiger partial charge in [0.25, 0.3) is 16.7 Å². The van der Waals surface area contributed by atoms with Gasteiger partial charge in [-0.05, 0) is 269 Å². The fraction of sp³-hybridized carbons (Fsp3) is 0.695. The number of piperidine rings is 5. The Hall–Kier alpha value is -6.93. The number of Topliss-reactive ketones (excluding diaryl/α,β-unsaturated/α-hetero) is 1. The second-order valence-corrected chi connectivity index (χ2v) is 40.1. The monoisotopic (exact) mass is 1550 g/mol. The van der Waals surface area contributed by atoms with Gasteiger partial charge in [-0.15, -0.1) is 0 Å². The number of benzene rings is 3. The highest BCUT2D eigenvalue weighted by molar-refractivity contribution is 5.87. The highest BCUT2D eigenvalue weighted by Gasteiger charge is 2.55. The van der Waals surface area contributed by atoms with Gasteiger partial charge in [0.05, 0.1) is 75.7 Å². The number of ketones is 1. The molecule has 0 amide bonds. The normalized spacial score (nSPS) is 35.8. The number of nitrogens with zero attached hydrogens (tertiary/aromatic N) is 12. The van der Waals surface area contributed by atoms with Gasteiger partial charge in [-0.2, -0.15) is 0 Å². The van der Waals surface area contributed by atoms with Crippen molar-refractivity contribution in [2.75, 3.05) is 67.2 Å². The van der Waals surface area contributed by atoms with Gasteiger partial charge in [-0.25, -0.2) is 15.0 Å². The minimum atomic E-state index is -0.225. The lowest BCUT2D eigenvalue weighted by Crippen LogP contribution is -2.62. The number of anilines is 3. The third-order valence-corrected chi connectivity index (χ3v) is 33.3. The molecular weight excluding hydrogens is 1420 g/mol. The van der Waals surface area contributed by atoms with Gasteiger partial charge in [0.1, 0.15) is 0 Å². The Balaban J connectivity index is 0.000000115. The van der Waals surface area contributed by atoms with Crippen molar-refractivity contribution < 1.29 is 19.7 Å². The molecule has 19 nitrogen and oxygen atoms in total. The molecule has 6 aromatic rings. The van der Waals surface area contributed by atoms with Crippen LogP contribution in [0.3, 0.4) is 0 Å². The summed E-state index contributed by atoms with van der Waals surface area (Å²) in [5.41, 5.74) is 6.07. The van der Waals surface area contributed by atoms with E-state index in [2.05, 4.69) is 76.8 Å². The molecule has 3 aromatic carbocycles. The number of ether oxygens (including phenoxy) is 1. The molecule has 114 heavy (non-hydrogen) atoms. The van der Waals surface area contributed by atoms with Crippen molar-refractivity contribution in [2.24, 2.45) is 70.5 Å². The first-order valence-electron chi connectivity index (χ1n) is 45.7. The lowest BCUT2D eigenvalue weighted by atomic mass is 9.45. The molecule has 22 rings (SSSR count). The Bertz CT molecular complexity index is 4700. The van der Waals surface area contributed by atoms with Crippen molar-refractivity contribution >= 4 is 56.3 Å². The molecule has 12 bridgehead atoms. The summed E-state index contributed by atoms with van der Waals surface area (Å²) in [7, 11) is 0. The average Bonchev–Trinajstić information content (AvgIpc) is 0.744. The first kappa shape index (κ1) is 77.0. The molecule has 19 heteroatoms. The van der Waals surface area contributed by atoms with Crippen LogP contribution in [-0.4, -0.2) is 166 Å². The van der Waals surface area contributed by atoms with E-state index in [0.29, 0.717) is 97.9 Å². The third kappa shape index (κ3) is 14.2. The predicted octanol–water partition coefficient (Wildman–Crippen LogP) is 16.6. The molecule has 21 atom stereocenters. The zero-order valence-electron chi connectivity index (χ0n) is 69.1. The molecule has 9 aliphatic heterocycles. The number of morpholine rings is 1. The van der Waals surface area contributed by atoms with E-state index in [9.17, 15) is 29.4 Å². The van der Waals surface area contributed by atoms with Crippen molar-refractivity contribution in [3.05, 3.63) is 129 Å². The molecular formula is C95H130N12O7. The number of fused-ring (bicyclic) bond motifs is 15. The zero-order valence-corrected chi connectivity index (χ0v) is 69.1. The fourth-order valence-corrected chi connectivity index (χ4v) is 27.5. The fourth-order valence-electron chi connectivity index (χ4n) is 27.5. The standard InChI is InChI=1S/2C32H44N4O2.C31H42N4O3/c1-20(37)22-18-34(19-22)30-31(38)36(29-10-5-4-9-28(29)33-30)26-16-24-7-6-8-25(17-26)35(24)14-13-21-11-12-23-15-27(21)32(23,2)3;1-3-21-11-22-13-23(12-21)15-27(14-22)35-25-7-6-8-26(35)17-28(16-25)36-30-10-5-4-9-29(30)33-31(32(36)38)34-18-24(19-34)20(2)37;1-3-20-10-21-12-22(11-20)14-23(13-21)34-25-15-24(16-26(34)18-38-17-25)35-29-7-5-4-6-27(29)32-30(31(35)37)33-9-8-28(33)19(2)36/h4-5,9-10,21-27,37H,1,6-8,11-19H2,2-3H3;4-5,9-10,21-28,37H,2-3,6-8,11-19H2,1H3;4-7,20-26,28H,3,8-18H2,1-2H3/t21-,23-,24-,25+,26?,27-;21?,22-,23+,25-,26+,27?,28?;20?,21-,22+,23?,24?,25-,26+,28-/m0.0/s1. The summed E-state index contributed by atoms with van der Waals surface area (Å²) in [5, 5.41) is 19.6. The lowest BCUT2D eigenvalue weighted by Gasteiger charge is -2.60. The number of aliphatic hydroxyl groups is 2. The number of carbonyl (C=O) groups excluding carboxylic acids is 1. The van der Waals surface area contributed by atoms with Crippen LogP contribution in [-0.2, 0) is 9.53 Å². The summed E-state index contributed by atoms with van der Waals surface area (Å²) in [6, 6.07) is 29.1. The van der Waals surface area contributed by atoms with E-state index in [-0.39, 0.29) is 70.0 Å². The van der Waals surface area contributed by atoms with Crippen LogP contribution in [0.2, 0.25) is 0 Å². The van der Waals surface area contributed by atoms with E-state index < -0.39 is 0 Å². The van der Waals surface area contributed by atoms with E-state index >= 15 is 0 Å². The molecule has 16 fully saturated rings. The van der Waals surface area contributed by atoms with Gasteiger partial charge in [-0.1, -0.05) is 103 Å². The minimum absolute atomic E-state index is 0.0271. The first-order chi connectivity index (χ1) is 55.3. The molecule has 2 N–H and O–H groups in total. The Kier molecular flexibility index (Phi) is 21.2. The van der Waals surface area contributed by atoms with Crippen LogP contribution in [0, 0.1) is 70.5 Å². The maximum Gasteiger partial charge on any atom is 0.294 e. The van der Waals surface area contributed by atoms with Crippen molar-refractivity contribution in [3.8, 4) is 0 Å². The lowest BCUT2D eigenvalue weighted by molar-refractivity contribution is -0.120. The molecule has 0 spiro atoms. The van der Waals surface area contributed by atoms with E-state index in [1.165, 1.54) is 148 Å². The molecule has 612 valence electrons. The SMILES string of the molecule is C=C(O)C1CN(c2nc3ccccc3n(C3C[C@H]4CCC[C@@H](C3)N4C3C[C@H]4CC(CC)C[C@@H](C3)C4)c2=O)C1.C=C(O)C1CN(c2nc3ccccc3n(C3C[C@H]4CCC[C@@H](C3)N4CC[C@@H]3CC[C@H]4C[C@@H]3C4(C)C)c2=O)C1.CCC1C[C@@H]2CC(N3[C@@H]4COC[C@H]3CC(n3c(=O)c(N5CC[C@H]5C(C)=O)nc5ccccc53)C4)C[C@H](C1)C2. The number of rotatable bonds is 16. The molecule has 7 aliphatic carbocycles. The number of hydrogen-bond acceptors (Lipinski definition) is 16. The number of aliphatic hydroxyl groups excluding tert-OH is 2. The predicted molar refractivity (Wildman–Crippen MR) is 454 cm³/mol. The number of carbonyl (C=O) groups is 1. The van der Waals surface area contributed by atoms with Gasteiger partial charge >= 0.3 is 0 Å². The summed E-state index contributed by atoms with van der Waals surface area (Å²) in [6.45, 7) is 24.7. The van der Waals surface area contributed by atoms with Crippen LogP contribution in [0.15, 0.2) is 112 Å². The van der Waals surface area contributed by atoms with Gasteiger partial charge in [0.2, 0.25) is 0 Å². The summed E-state index contributed by atoms with van der Waals surface area (Å²) >= 11 is 0. The highest BCUT2D eigenvalue weighted by Crippen LogP contribution is 2.62. The molecule has 12 heterocycles. The van der Waals surface area contributed by atoms with Gasteiger partial charge in [-0.3, -0.25) is 33.9 Å². The Labute approximate surface area is 675 Å². The second-order valence-electron chi connectivity index (χ2n) is 40.1. The number of para-hydroxylation sites is 6. The van der Waals surface area contributed by atoms with Crippen molar-refractivity contribution in [2.45, 2.75) is 293 Å². The molecule has 0 radical (unpaired) electrons. The van der Waals surface area contributed by atoms with Crippen LogP contribution in [0.25, 0.3) is 33.1 Å². The number of hydrogen-bond donors (Lipinski definition) is 2. The topological polar surface area (TPSA) is 191 Å². The van der Waals surface area contributed by atoms with Crippen molar-refractivity contribution in [1.82, 2.24) is 43.4 Å². The number of aromatic nitrogens is 6. The van der Waals surface area contributed by atoms with Crippen molar-refractivity contribution in [1.29, 1.82) is 0 Å². The third-order valence-electron chi connectivity index (χ3n) is 33.3. The zero-order chi connectivity index (χ0) is 78.1. The first-order valence-corrected chi connectivity index (χ1v) is 45.7. The quantitative estimate of drug-likeness (QED) is 0.0869. The summed E-state index contributed by atoms with van der Waals surface area (Å²) in [6.07, 6.45) is 37.2. The minimum Gasteiger partial charge on any atom is -0.513 e. The van der Waals surface area contributed by atoms with Crippen LogP contribution < -0.4 is 31.4 Å². The molecule has 9 saturated heterocycles. The molecule has 16 aliphatic rings. The van der Waals surface area contributed by atoms with E-state index in [1.807, 2.05) is 79.9 Å². The smallest absolute Gasteiger partial charge is 0.294 e. The van der Waals surface area contributed by atoms with Crippen LogP contribution in [0.1, 0.15) is 239 Å². The van der Waals surface area contributed by atoms with Gasteiger partial charge in [0.15, 0.2) is 23.2 Å². The van der Waals surface area contributed by atoms with Crippen LogP contribution in [0.5, 0.6) is 0 Å². The average molecular weight is 1550 g/mol. The van der Waals surface area contributed by atoms with Crippen LogP contribution >= 0.6 is 0 Å². The van der Waals surface area contributed by atoms with Gasteiger partial charge in [0, 0.05) is 99.2 Å². The molecule has 7 unspecified atom stereocenters. The summed E-state index contributed by atoms with van der Waals surface area (Å²) < 4.78 is 12.4. The summed E-state index contributed by atoms with van der Waals surface area (Å²) in [5.74, 6) is 10.4. The van der Waals surface area contributed by atoms with E-state index in [0.717, 1.165) is 151 Å². The van der Waals surface area contributed by atoms with Gasteiger partial charge < -0.3 is 43.4 Å². The second kappa shape index (κ2) is 31.4. The van der Waals surface area contributed by atoms with Crippen molar-refractivity contribution in [3.63, 3.8) is 0 Å². The molecule has 7 saturated carbocycles.